The van der Waals surface area contributed by atoms with Gasteiger partial charge < -0.3 is 5.32 Å². The zero-order valence-electron chi connectivity index (χ0n) is 8.12. The molecule has 0 saturated carbocycles. The second-order valence-corrected chi connectivity index (χ2v) is 3.65. The lowest BCUT2D eigenvalue weighted by Crippen LogP contribution is -2.07. The van der Waals surface area contributed by atoms with Gasteiger partial charge in [-0.1, -0.05) is 17.7 Å². The third kappa shape index (κ3) is 2.25. The monoisotopic (exact) mass is 220 g/mol. The van der Waals surface area contributed by atoms with E-state index in [4.69, 9.17) is 11.6 Å². The van der Waals surface area contributed by atoms with Gasteiger partial charge in [-0.25, -0.2) is 4.98 Å². The minimum absolute atomic E-state index is 0.135. The molecule has 1 N–H and O–H groups in total. The number of hydrogen-bond acceptors (Lipinski definition) is 2. The van der Waals surface area contributed by atoms with Crippen LogP contribution in [0.25, 0.3) is 10.9 Å². The number of carbonyl (C=O) groups is 1. The molecule has 0 radical (unpaired) electrons. The van der Waals surface area contributed by atoms with Crippen molar-refractivity contribution >= 4 is 34.2 Å². The summed E-state index contributed by atoms with van der Waals surface area (Å²) < 4.78 is 0. The Hall–Kier alpha value is -1.61. The van der Waals surface area contributed by atoms with Gasteiger partial charge in [-0.05, 0) is 24.3 Å². The van der Waals surface area contributed by atoms with Crippen molar-refractivity contribution in [3.05, 3.63) is 35.4 Å². The zero-order valence-corrected chi connectivity index (χ0v) is 8.88. The molecule has 3 nitrogen and oxygen atoms in total. The first-order valence-electron chi connectivity index (χ1n) is 4.49. The Labute approximate surface area is 92.1 Å². The molecule has 15 heavy (non-hydrogen) atoms. The minimum atomic E-state index is -0.135. The summed E-state index contributed by atoms with van der Waals surface area (Å²) in [5.74, 6) is 0.404. The molecule has 0 unspecified atom stereocenters. The molecule has 0 bridgehead atoms. The van der Waals surface area contributed by atoms with Gasteiger partial charge in [-0.2, -0.15) is 0 Å². The van der Waals surface area contributed by atoms with E-state index in [0.29, 0.717) is 10.8 Å². The molecule has 0 atom stereocenters. The number of fused-ring (bicyclic) bond motifs is 1. The number of hydrogen-bond donors (Lipinski definition) is 1. The van der Waals surface area contributed by atoms with E-state index in [-0.39, 0.29) is 5.91 Å². The van der Waals surface area contributed by atoms with Crippen molar-refractivity contribution in [3.63, 3.8) is 0 Å². The number of anilines is 1. The predicted molar refractivity (Wildman–Crippen MR) is 61.1 cm³/mol. The molecule has 1 aromatic heterocycles. The number of halogens is 1. The highest BCUT2D eigenvalue weighted by Crippen LogP contribution is 2.19. The van der Waals surface area contributed by atoms with Gasteiger partial charge in [0.05, 0.1) is 5.52 Å². The average molecular weight is 221 g/mol. The number of aromatic nitrogens is 1. The molecular formula is C11H9ClN2O. The van der Waals surface area contributed by atoms with Crippen molar-refractivity contribution in [2.24, 2.45) is 0 Å². The molecule has 0 aliphatic carbocycles. The number of rotatable bonds is 1. The van der Waals surface area contributed by atoms with E-state index < -0.39 is 0 Å². The summed E-state index contributed by atoms with van der Waals surface area (Å²) in [5.41, 5.74) is 0.772. The fraction of sp³-hybridized carbons (Fsp3) is 0.0909. The first-order chi connectivity index (χ1) is 7.15. The van der Waals surface area contributed by atoms with E-state index in [1.54, 1.807) is 12.1 Å². The van der Waals surface area contributed by atoms with Crippen LogP contribution in [0.15, 0.2) is 30.3 Å². The third-order valence-electron chi connectivity index (χ3n) is 1.96. The minimum Gasteiger partial charge on any atom is -0.311 e. The second kappa shape index (κ2) is 3.87. The highest BCUT2D eigenvalue weighted by Gasteiger charge is 2.00. The number of pyridine rings is 1. The van der Waals surface area contributed by atoms with Crippen molar-refractivity contribution in [1.82, 2.24) is 4.98 Å². The number of carbonyl (C=O) groups excluding carboxylic acids is 1. The summed E-state index contributed by atoms with van der Waals surface area (Å²) >= 11 is 5.85. The van der Waals surface area contributed by atoms with Crippen LogP contribution in [0.3, 0.4) is 0 Å². The standard InChI is InChI=1S/C11H9ClN2O/c1-7(15)13-11-5-3-8-2-4-9(12)6-10(8)14-11/h2-6H,1H3,(H,13,14,15). The van der Waals surface area contributed by atoms with Crippen LogP contribution < -0.4 is 5.32 Å². The van der Waals surface area contributed by atoms with E-state index in [1.807, 2.05) is 18.2 Å². The van der Waals surface area contributed by atoms with E-state index in [0.717, 1.165) is 10.9 Å². The van der Waals surface area contributed by atoms with Crippen molar-refractivity contribution < 1.29 is 4.79 Å². The summed E-state index contributed by atoms with van der Waals surface area (Å²) in [6.45, 7) is 1.45. The molecule has 1 aromatic carbocycles. The quantitative estimate of drug-likeness (QED) is 0.803. The second-order valence-electron chi connectivity index (χ2n) is 3.21. The maximum atomic E-state index is 10.8. The Morgan fingerprint density at radius 3 is 2.80 bits per heavy atom. The first kappa shape index (κ1) is 9.93. The molecule has 2 aromatic rings. The van der Waals surface area contributed by atoms with Gasteiger partial charge in [0.25, 0.3) is 0 Å². The SMILES string of the molecule is CC(=O)Nc1ccc2ccc(Cl)cc2n1. The summed E-state index contributed by atoms with van der Waals surface area (Å²) in [7, 11) is 0. The zero-order chi connectivity index (χ0) is 10.8. The van der Waals surface area contributed by atoms with Crippen molar-refractivity contribution in [1.29, 1.82) is 0 Å². The van der Waals surface area contributed by atoms with Gasteiger partial charge in [0.15, 0.2) is 0 Å². The Kier molecular flexibility index (Phi) is 2.56. The highest BCUT2D eigenvalue weighted by atomic mass is 35.5. The largest absolute Gasteiger partial charge is 0.311 e. The van der Waals surface area contributed by atoms with Gasteiger partial charge in [-0.15, -0.1) is 0 Å². The maximum absolute atomic E-state index is 10.8. The van der Waals surface area contributed by atoms with Crippen LogP contribution in [-0.4, -0.2) is 10.9 Å². The molecular weight excluding hydrogens is 212 g/mol. The Morgan fingerprint density at radius 1 is 1.33 bits per heavy atom. The smallest absolute Gasteiger partial charge is 0.222 e. The van der Waals surface area contributed by atoms with Crippen LogP contribution in [0.1, 0.15) is 6.92 Å². The topological polar surface area (TPSA) is 42.0 Å². The normalized spacial score (nSPS) is 10.3. The summed E-state index contributed by atoms with van der Waals surface area (Å²) in [4.78, 5) is 15.1. The lowest BCUT2D eigenvalue weighted by atomic mass is 10.2. The highest BCUT2D eigenvalue weighted by molar-refractivity contribution is 6.31. The Bertz CT molecular complexity index is 525. The van der Waals surface area contributed by atoms with Crippen LogP contribution >= 0.6 is 11.6 Å². The lowest BCUT2D eigenvalue weighted by molar-refractivity contribution is -0.114. The van der Waals surface area contributed by atoms with Gasteiger partial charge in [0, 0.05) is 17.3 Å². The van der Waals surface area contributed by atoms with Crippen LogP contribution in [0.2, 0.25) is 5.02 Å². The summed E-state index contributed by atoms with van der Waals surface area (Å²) in [6.07, 6.45) is 0. The van der Waals surface area contributed by atoms with E-state index >= 15 is 0 Å². The molecule has 4 heteroatoms. The number of amides is 1. The van der Waals surface area contributed by atoms with Crippen LogP contribution in [0.4, 0.5) is 5.82 Å². The maximum Gasteiger partial charge on any atom is 0.222 e. The number of nitrogens with one attached hydrogen (secondary N) is 1. The fourth-order valence-electron chi connectivity index (χ4n) is 1.34. The lowest BCUT2D eigenvalue weighted by Gasteiger charge is -2.03. The Morgan fingerprint density at radius 2 is 2.07 bits per heavy atom. The van der Waals surface area contributed by atoms with Gasteiger partial charge in [0.1, 0.15) is 5.82 Å². The molecule has 2 rings (SSSR count). The summed E-state index contributed by atoms with van der Waals surface area (Å²) in [6, 6.07) is 9.12. The summed E-state index contributed by atoms with van der Waals surface area (Å²) in [5, 5.41) is 4.25. The molecule has 1 amide bonds. The average Bonchev–Trinajstić information content (AvgIpc) is 2.16. The molecule has 0 saturated heterocycles. The number of nitrogens with zero attached hydrogens (tertiary/aromatic N) is 1. The van der Waals surface area contributed by atoms with Crippen molar-refractivity contribution in [2.45, 2.75) is 6.92 Å². The molecule has 0 aliphatic heterocycles. The third-order valence-corrected chi connectivity index (χ3v) is 2.19. The molecule has 0 spiro atoms. The van der Waals surface area contributed by atoms with E-state index in [2.05, 4.69) is 10.3 Å². The van der Waals surface area contributed by atoms with Crippen molar-refractivity contribution in [3.8, 4) is 0 Å². The Balaban J connectivity index is 2.49. The van der Waals surface area contributed by atoms with E-state index in [1.165, 1.54) is 6.92 Å². The van der Waals surface area contributed by atoms with Crippen LogP contribution in [0, 0.1) is 0 Å². The molecule has 0 aliphatic rings. The van der Waals surface area contributed by atoms with E-state index in [9.17, 15) is 4.79 Å². The van der Waals surface area contributed by atoms with Gasteiger partial charge in [0.2, 0.25) is 5.91 Å². The predicted octanol–water partition coefficient (Wildman–Crippen LogP) is 2.85. The molecule has 0 fully saturated rings. The number of benzene rings is 1. The molecule has 1 heterocycles. The van der Waals surface area contributed by atoms with Gasteiger partial charge >= 0.3 is 0 Å². The van der Waals surface area contributed by atoms with Gasteiger partial charge in [-0.3, -0.25) is 4.79 Å². The van der Waals surface area contributed by atoms with Crippen molar-refractivity contribution in [2.75, 3.05) is 5.32 Å². The van der Waals surface area contributed by atoms with Crippen LogP contribution in [0.5, 0.6) is 0 Å². The fourth-order valence-corrected chi connectivity index (χ4v) is 1.51. The first-order valence-corrected chi connectivity index (χ1v) is 4.87. The molecule has 76 valence electrons. The van der Waals surface area contributed by atoms with Crippen LogP contribution in [-0.2, 0) is 4.79 Å².